The van der Waals surface area contributed by atoms with E-state index in [2.05, 4.69) is 38.2 Å². The molecule has 0 N–H and O–H groups in total. The van der Waals surface area contributed by atoms with Crippen LogP contribution in [0.5, 0.6) is 0 Å². The van der Waals surface area contributed by atoms with Gasteiger partial charge in [0.2, 0.25) is 5.91 Å². The van der Waals surface area contributed by atoms with Gasteiger partial charge < -0.3 is 23.8 Å². The summed E-state index contributed by atoms with van der Waals surface area (Å²) in [4.78, 5) is 26.9. The lowest BCUT2D eigenvalue weighted by molar-refractivity contribution is -0.195. The smallest absolute Gasteiger partial charge is 0.222 e. The van der Waals surface area contributed by atoms with Crippen LogP contribution in [-0.2, 0) is 28.5 Å². The van der Waals surface area contributed by atoms with Crippen molar-refractivity contribution in [3.8, 4) is 0 Å². The Balaban J connectivity index is 1.67. The molecule has 0 aromatic heterocycles. The minimum atomic E-state index is -0.216. The molecule has 3 aliphatic rings. The third-order valence-corrected chi connectivity index (χ3v) is 8.70. The number of hydrogen-bond acceptors (Lipinski definition) is 6. The number of rotatable bonds is 17. The molecule has 1 saturated carbocycles. The van der Waals surface area contributed by atoms with Gasteiger partial charge in [-0.15, -0.1) is 0 Å². The van der Waals surface area contributed by atoms with Crippen molar-refractivity contribution in [2.45, 2.75) is 135 Å². The summed E-state index contributed by atoms with van der Waals surface area (Å²) < 4.78 is 24.7. The molecule has 2 heterocycles. The quantitative estimate of drug-likeness (QED) is 0.137. The van der Waals surface area contributed by atoms with Crippen molar-refractivity contribution in [2.75, 3.05) is 27.3 Å². The molecule has 1 aliphatic carbocycles. The second-order valence-electron chi connectivity index (χ2n) is 12.6. The van der Waals surface area contributed by atoms with Crippen LogP contribution in [0, 0.1) is 17.8 Å². The highest BCUT2D eigenvalue weighted by Crippen LogP contribution is 2.37. The highest BCUT2D eigenvalue weighted by Gasteiger charge is 2.42. The molecule has 7 nitrogen and oxygen atoms in total. The Bertz CT molecular complexity index is 814. The second-order valence-corrected chi connectivity index (χ2v) is 12.6. The molecule has 2 saturated heterocycles. The Morgan fingerprint density at radius 3 is 2.44 bits per heavy atom. The molecular formula is C34H57NO6. The van der Waals surface area contributed by atoms with Gasteiger partial charge in [-0.1, -0.05) is 57.4 Å². The number of ketones is 1. The fourth-order valence-electron chi connectivity index (χ4n) is 6.14. The average molecular weight is 576 g/mol. The number of allylic oxidation sites excluding steroid dienone is 3. The topological polar surface area (TPSA) is 74.3 Å². The van der Waals surface area contributed by atoms with Crippen LogP contribution in [0.2, 0.25) is 0 Å². The fourth-order valence-corrected chi connectivity index (χ4v) is 6.14. The van der Waals surface area contributed by atoms with Crippen molar-refractivity contribution in [1.82, 2.24) is 4.90 Å². The Morgan fingerprint density at radius 2 is 1.78 bits per heavy atom. The third-order valence-electron chi connectivity index (χ3n) is 8.70. The van der Waals surface area contributed by atoms with Crippen molar-refractivity contribution in [2.24, 2.45) is 17.8 Å². The van der Waals surface area contributed by atoms with Gasteiger partial charge in [0.25, 0.3) is 0 Å². The van der Waals surface area contributed by atoms with Crippen molar-refractivity contribution >= 4 is 11.7 Å². The first-order valence-corrected chi connectivity index (χ1v) is 16.5. The van der Waals surface area contributed by atoms with Crippen molar-refractivity contribution < 1.29 is 28.5 Å². The number of nitrogens with zero attached hydrogens (tertiary/aromatic N) is 1. The Kier molecular flexibility index (Phi) is 15.6. The second kappa shape index (κ2) is 18.9. The highest BCUT2D eigenvalue weighted by atomic mass is 16.7. The molecule has 2 aliphatic heterocycles. The number of unbranched alkanes of at least 4 members (excludes halogenated alkanes) is 2. The first-order chi connectivity index (χ1) is 19.9. The zero-order valence-corrected chi connectivity index (χ0v) is 26.3. The predicted octanol–water partition coefficient (Wildman–Crippen LogP) is 6.99. The molecule has 1 amide bonds. The Hall–Kier alpha value is -1.54. The number of ether oxygens (including phenoxy) is 4. The maximum absolute atomic E-state index is 13.4. The molecule has 0 spiro atoms. The fraction of sp³-hybridized carbons (Fsp3) is 0.824. The lowest BCUT2D eigenvalue weighted by atomic mass is 9.89. The van der Waals surface area contributed by atoms with Gasteiger partial charge in [0.15, 0.2) is 12.6 Å². The summed E-state index contributed by atoms with van der Waals surface area (Å²) in [7, 11) is 3.59. The van der Waals surface area contributed by atoms with E-state index >= 15 is 0 Å². The summed E-state index contributed by atoms with van der Waals surface area (Å²) in [5.41, 5.74) is 0. The predicted molar refractivity (Wildman–Crippen MR) is 162 cm³/mol. The van der Waals surface area contributed by atoms with Crippen LogP contribution in [0.1, 0.15) is 110 Å². The molecule has 3 rings (SSSR count). The van der Waals surface area contributed by atoms with E-state index in [1.54, 1.807) is 19.0 Å². The maximum Gasteiger partial charge on any atom is 0.222 e. The molecule has 41 heavy (non-hydrogen) atoms. The summed E-state index contributed by atoms with van der Waals surface area (Å²) in [5.74, 6) is 0.806. The first-order valence-electron chi connectivity index (χ1n) is 16.5. The first kappa shape index (κ1) is 34.0. The molecule has 234 valence electrons. The summed E-state index contributed by atoms with van der Waals surface area (Å²) in [5, 5.41) is 0. The Morgan fingerprint density at radius 1 is 1.05 bits per heavy atom. The summed E-state index contributed by atoms with van der Waals surface area (Å²) >= 11 is 0. The molecule has 2 unspecified atom stereocenters. The molecule has 0 bridgehead atoms. The summed E-state index contributed by atoms with van der Waals surface area (Å²) in [6, 6.07) is 0. The lowest BCUT2D eigenvalue weighted by Crippen LogP contribution is -2.31. The standard InChI is InChI=1S/C34H57NO6/c1-5-6-15-26(2)24-27(40-33-18-11-13-22-38-33)20-21-28-29(16-9-7-8-10-17-32(37)35(3)4)31(25-30(28)36)41-34-19-12-14-23-39-34/h7,9,20-21,26-29,31,33-34H,5-6,8,10-19,22-25H2,1-4H3/b9-7-,21-20+/t26-,27+,28+,29+,31-,33?,34?/m0/s1. The van der Waals surface area contributed by atoms with E-state index in [4.69, 9.17) is 18.9 Å². The number of Topliss-reactive ketones (excluding diaryl/α,β-unsaturated/α-hetero) is 1. The molecule has 7 heteroatoms. The van der Waals surface area contributed by atoms with Crippen LogP contribution < -0.4 is 0 Å². The van der Waals surface area contributed by atoms with E-state index < -0.39 is 0 Å². The minimum Gasteiger partial charge on any atom is -0.353 e. The van der Waals surface area contributed by atoms with Crippen LogP contribution in [0.25, 0.3) is 0 Å². The van der Waals surface area contributed by atoms with Gasteiger partial charge in [0, 0.05) is 52.0 Å². The molecule has 0 aromatic rings. The van der Waals surface area contributed by atoms with Gasteiger partial charge >= 0.3 is 0 Å². The average Bonchev–Trinajstić information content (AvgIpc) is 3.26. The zero-order valence-electron chi connectivity index (χ0n) is 26.3. The van der Waals surface area contributed by atoms with E-state index in [1.807, 2.05) is 0 Å². The van der Waals surface area contributed by atoms with Crippen molar-refractivity contribution in [1.29, 1.82) is 0 Å². The SMILES string of the molecule is CCCC[C@H](C)C[C@@H](/C=C/[C@H]1C(=O)C[C@H](OC2CCCCO2)[C@@H]1C/C=C\CCCC(=O)N(C)C)OC1CCCCO1. The molecule has 3 fully saturated rings. The number of carbonyl (C=O) groups is 2. The lowest BCUT2D eigenvalue weighted by Gasteiger charge is -2.29. The van der Waals surface area contributed by atoms with Crippen molar-refractivity contribution in [3.05, 3.63) is 24.3 Å². The number of amides is 1. The summed E-state index contributed by atoms with van der Waals surface area (Å²) in [6.07, 6.45) is 22.2. The summed E-state index contributed by atoms with van der Waals surface area (Å²) in [6.45, 7) is 6.02. The van der Waals surface area contributed by atoms with Crippen LogP contribution in [0.15, 0.2) is 24.3 Å². The van der Waals surface area contributed by atoms with Gasteiger partial charge in [0.1, 0.15) is 5.78 Å². The molecule has 7 atom stereocenters. The Labute approximate surface area is 249 Å². The normalized spacial score (nSPS) is 28.9. The van der Waals surface area contributed by atoms with Gasteiger partial charge in [-0.2, -0.15) is 0 Å². The van der Waals surface area contributed by atoms with Crippen LogP contribution in [0.3, 0.4) is 0 Å². The van der Waals surface area contributed by atoms with Crippen LogP contribution in [-0.4, -0.2) is 68.7 Å². The van der Waals surface area contributed by atoms with Gasteiger partial charge in [0.05, 0.1) is 12.2 Å². The van der Waals surface area contributed by atoms with E-state index in [0.29, 0.717) is 18.8 Å². The van der Waals surface area contributed by atoms with Crippen molar-refractivity contribution in [3.63, 3.8) is 0 Å². The third kappa shape index (κ3) is 12.3. The molecule has 0 radical (unpaired) electrons. The van der Waals surface area contributed by atoms with Gasteiger partial charge in [-0.05, 0) is 70.1 Å². The van der Waals surface area contributed by atoms with E-state index in [0.717, 1.165) is 77.4 Å². The number of carbonyl (C=O) groups excluding carboxylic acids is 2. The van der Waals surface area contributed by atoms with E-state index in [-0.39, 0.29) is 48.3 Å². The van der Waals surface area contributed by atoms with E-state index in [9.17, 15) is 9.59 Å². The minimum absolute atomic E-state index is 0.0630. The zero-order chi connectivity index (χ0) is 29.5. The molecular weight excluding hydrogens is 518 g/mol. The largest absolute Gasteiger partial charge is 0.353 e. The van der Waals surface area contributed by atoms with E-state index in [1.165, 1.54) is 19.3 Å². The van der Waals surface area contributed by atoms with Gasteiger partial charge in [-0.3, -0.25) is 9.59 Å². The molecule has 0 aromatic carbocycles. The highest BCUT2D eigenvalue weighted by molar-refractivity contribution is 5.86. The monoisotopic (exact) mass is 575 g/mol. The van der Waals surface area contributed by atoms with Crippen LogP contribution in [0.4, 0.5) is 0 Å². The maximum atomic E-state index is 13.4. The van der Waals surface area contributed by atoms with Crippen LogP contribution >= 0.6 is 0 Å². The number of hydrogen-bond donors (Lipinski definition) is 0. The van der Waals surface area contributed by atoms with Gasteiger partial charge in [-0.25, -0.2) is 0 Å².